The summed E-state index contributed by atoms with van der Waals surface area (Å²) in [5.74, 6) is -0.0157. The maximum absolute atomic E-state index is 11.7. The molecule has 21 heavy (non-hydrogen) atoms. The number of hydrogen-bond acceptors (Lipinski definition) is 2. The van der Waals surface area contributed by atoms with Crippen molar-refractivity contribution in [2.24, 2.45) is 11.1 Å². The summed E-state index contributed by atoms with van der Waals surface area (Å²) in [6.45, 7) is 3.75. The van der Waals surface area contributed by atoms with Crippen LogP contribution in [0.5, 0.6) is 0 Å². The summed E-state index contributed by atoms with van der Waals surface area (Å²) < 4.78 is 0. The Hall–Kier alpha value is -2.07. The van der Waals surface area contributed by atoms with Crippen LogP contribution < -0.4 is 11.1 Å². The van der Waals surface area contributed by atoms with Crippen molar-refractivity contribution in [1.82, 2.24) is 10.3 Å². The van der Waals surface area contributed by atoms with E-state index in [-0.39, 0.29) is 11.9 Å². The van der Waals surface area contributed by atoms with Crippen LogP contribution in [0.1, 0.15) is 19.4 Å². The Labute approximate surface area is 125 Å². The highest BCUT2D eigenvalue weighted by Crippen LogP contribution is 2.20. The molecule has 0 spiro atoms. The fourth-order valence-corrected chi connectivity index (χ4v) is 2.38. The second kappa shape index (κ2) is 6.14. The second-order valence-corrected chi connectivity index (χ2v) is 5.89. The van der Waals surface area contributed by atoms with Gasteiger partial charge < -0.3 is 16.0 Å². The fourth-order valence-electron chi connectivity index (χ4n) is 2.38. The van der Waals surface area contributed by atoms with Gasteiger partial charge in [-0.2, -0.15) is 0 Å². The van der Waals surface area contributed by atoms with Crippen molar-refractivity contribution in [2.45, 2.75) is 26.3 Å². The van der Waals surface area contributed by atoms with Gasteiger partial charge in [0.2, 0.25) is 5.91 Å². The van der Waals surface area contributed by atoms with E-state index >= 15 is 0 Å². The number of aromatic nitrogens is 1. The van der Waals surface area contributed by atoms with E-state index < -0.39 is 5.41 Å². The lowest BCUT2D eigenvalue weighted by atomic mass is 9.90. The first-order chi connectivity index (χ1) is 9.94. The van der Waals surface area contributed by atoms with Gasteiger partial charge in [0, 0.05) is 30.2 Å². The highest BCUT2D eigenvalue weighted by molar-refractivity contribution is 5.84. The van der Waals surface area contributed by atoms with E-state index in [1.807, 2.05) is 44.3 Å². The van der Waals surface area contributed by atoms with Gasteiger partial charge in [-0.3, -0.25) is 4.79 Å². The van der Waals surface area contributed by atoms with Crippen molar-refractivity contribution in [2.75, 3.05) is 7.05 Å². The Morgan fingerprint density at radius 1 is 1.43 bits per heavy atom. The third-order valence-corrected chi connectivity index (χ3v) is 3.70. The molecule has 0 aliphatic rings. The van der Waals surface area contributed by atoms with Gasteiger partial charge in [-0.25, -0.2) is 0 Å². The van der Waals surface area contributed by atoms with E-state index in [9.17, 15) is 4.79 Å². The monoisotopic (exact) mass is 285 g/mol. The summed E-state index contributed by atoms with van der Waals surface area (Å²) in [6, 6.07) is 8.05. The van der Waals surface area contributed by atoms with E-state index in [0.717, 1.165) is 11.9 Å². The van der Waals surface area contributed by atoms with E-state index in [4.69, 9.17) is 5.73 Å². The normalized spacial score (nSPS) is 13.7. The summed E-state index contributed by atoms with van der Waals surface area (Å²) in [4.78, 5) is 15.0. The molecule has 2 aromatic rings. The number of carbonyl (C=O) groups is 1. The Morgan fingerprint density at radius 3 is 2.86 bits per heavy atom. The smallest absolute Gasteiger partial charge is 0.229 e. The second-order valence-electron chi connectivity index (χ2n) is 5.89. The first-order valence-corrected chi connectivity index (χ1v) is 7.16. The largest absolute Gasteiger partial charge is 0.361 e. The SMILES string of the molecule is CNC(=O)C(C)(C)C=C[C@H](N)Cc1c[nH]c2ccccc12. The van der Waals surface area contributed by atoms with Crippen LogP contribution in [0.25, 0.3) is 10.9 Å². The molecule has 4 heteroatoms. The number of carbonyl (C=O) groups excluding carboxylic acids is 1. The molecule has 1 aromatic heterocycles. The molecule has 0 aliphatic heterocycles. The van der Waals surface area contributed by atoms with Crippen molar-refractivity contribution in [1.29, 1.82) is 0 Å². The van der Waals surface area contributed by atoms with Crippen LogP contribution in [0.2, 0.25) is 0 Å². The zero-order valence-corrected chi connectivity index (χ0v) is 12.8. The molecule has 0 saturated heterocycles. The summed E-state index contributed by atoms with van der Waals surface area (Å²) in [5, 5.41) is 3.86. The quantitative estimate of drug-likeness (QED) is 0.738. The van der Waals surface area contributed by atoms with Gasteiger partial charge in [0.25, 0.3) is 0 Å². The summed E-state index contributed by atoms with van der Waals surface area (Å²) >= 11 is 0. The minimum Gasteiger partial charge on any atom is -0.361 e. The maximum Gasteiger partial charge on any atom is 0.229 e. The van der Waals surface area contributed by atoms with Crippen molar-refractivity contribution < 1.29 is 4.79 Å². The van der Waals surface area contributed by atoms with Crippen LogP contribution in [0.4, 0.5) is 0 Å². The van der Waals surface area contributed by atoms with Gasteiger partial charge in [0.15, 0.2) is 0 Å². The van der Waals surface area contributed by atoms with Crippen LogP contribution in [0.3, 0.4) is 0 Å². The molecule has 112 valence electrons. The summed E-state index contributed by atoms with van der Waals surface area (Å²) in [7, 11) is 1.64. The molecule has 0 bridgehead atoms. The lowest BCUT2D eigenvalue weighted by Gasteiger charge is -2.18. The molecular formula is C17H23N3O. The van der Waals surface area contributed by atoms with Crippen molar-refractivity contribution in [3.63, 3.8) is 0 Å². The number of fused-ring (bicyclic) bond motifs is 1. The average Bonchev–Trinajstić information content (AvgIpc) is 2.88. The van der Waals surface area contributed by atoms with Crippen LogP contribution in [0, 0.1) is 5.41 Å². The number of H-pyrrole nitrogens is 1. The molecule has 0 fully saturated rings. The molecule has 0 saturated carbocycles. The first-order valence-electron chi connectivity index (χ1n) is 7.16. The van der Waals surface area contributed by atoms with E-state index in [2.05, 4.69) is 22.4 Å². The molecular weight excluding hydrogens is 262 g/mol. The topological polar surface area (TPSA) is 70.9 Å². The zero-order chi connectivity index (χ0) is 15.5. The molecule has 0 radical (unpaired) electrons. The van der Waals surface area contributed by atoms with Crippen LogP contribution in [0.15, 0.2) is 42.6 Å². The molecule has 1 atom stereocenters. The zero-order valence-electron chi connectivity index (χ0n) is 12.8. The summed E-state index contributed by atoms with van der Waals surface area (Å²) in [5.41, 5.74) is 7.94. The lowest BCUT2D eigenvalue weighted by Crippen LogP contribution is -2.33. The molecule has 1 amide bonds. The molecule has 4 nitrogen and oxygen atoms in total. The summed E-state index contributed by atoms with van der Waals surface area (Å²) in [6.07, 6.45) is 6.54. The van der Waals surface area contributed by atoms with Crippen LogP contribution in [-0.4, -0.2) is 24.0 Å². The molecule has 4 N–H and O–H groups in total. The van der Waals surface area contributed by atoms with E-state index in [1.54, 1.807) is 7.05 Å². The van der Waals surface area contributed by atoms with Gasteiger partial charge in [0.05, 0.1) is 5.41 Å². The van der Waals surface area contributed by atoms with Crippen molar-refractivity contribution >= 4 is 16.8 Å². The van der Waals surface area contributed by atoms with E-state index in [1.165, 1.54) is 10.9 Å². The molecule has 0 aliphatic carbocycles. The third-order valence-electron chi connectivity index (χ3n) is 3.70. The molecule has 0 unspecified atom stereocenters. The molecule has 1 aromatic carbocycles. The van der Waals surface area contributed by atoms with Crippen LogP contribution in [-0.2, 0) is 11.2 Å². The predicted octanol–water partition coefficient (Wildman–Crippen LogP) is 2.37. The van der Waals surface area contributed by atoms with E-state index in [0.29, 0.717) is 0 Å². The standard InChI is InChI=1S/C17H23N3O/c1-17(2,16(21)19-3)9-8-13(18)10-12-11-20-15-7-5-4-6-14(12)15/h4-9,11,13,20H,10,18H2,1-3H3,(H,19,21)/t13-/m0/s1. The van der Waals surface area contributed by atoms with Crippen molar-refractivity contribution in [3.8, 4) is 0 Å². The molecule has 2 rings (SSSR count). The number of amides is 1. The lowest BCUT2D eigenvalue weighted by molar-refractivity contribution is -0.126. The minimum atomic E-state index is -0.549. The van der Waals surface area contributed by atoms with Crippen molar-refractivity contribution in [3.05, 3.63) is 48.2 Å². The number of aromatic amines is 1. The van der Waals surface area contributed by atoms with Gasteiger partial charge in [-0.1, -0.05) is 30.4 Å². The minimum absolute atomic E-state index is 0.0157. The third kappa shape index (κ3) is 3.52. The number of benzene rings is 1. The van der Waals surface area contributed by atoms with Gasteiger partial charge >= 0.3 is 0 Å². The number of para-hydroxylation sites is 1. The maximum atomic E-state index is 11.7. The highest BCUT2D eigenvalue weighted by Gasteiger charge is 2.23. The molecule has 1 heterocycles. The Bertz CT molecular complexity index is 655. The Morgan fingerprint density at radius 2 is 2.14 bits per heavy atom. The fraction of sp³-hybridized carbons (Fsp3) is 0.353. The predicted molar refractivity (Wildman–Crippen MR) is 87.0 cm³/mol. The van der Waals surface area contributed by atoms with Gasteiger partial charge in [0.1, 0.15) is 0 Å². The number of hydrogen-bond donors (Lipinski definition) is 3. The number of nitrogens with one attached hydrogen (secondary N) is 2. The average molecular weight is 285 g/mol. The first kappa shape index (κ1) is 15.3. The number of nitrogens with two attached hydrogens (primary N) is 1. The van der Waals surface area contributed by atoms with Gasteiger partial charge in [-0.15, -0.1) is 0 Å². The Kier molecular flexibility index (Phi) is 4.48. The highest BCUT2D eigenvalue weighted by atomic mass is 16.2. The number of rotatable bonds is 5. The van der Waals surface area contributed by atoms with Crippen LogP contribution >= 0.6 is 0 Å². The van der Waals surface area contributed by atoms with Gasteiger partial charge in [-0.05, 0) is 31.9 Å². The Balaban J connectivity index is 2.08.